The quantitative estimate of drug-likeness (QED) is 0.784. The second kappa shape index (κ2) is 5.67. The summed E-state index contributed by atoms with van der Waals surface area (Å²) in [7, 11) is -0.879. The molecule has 0 aliphatic carbocycles. The van der Waals surface area contributed by atoms with Crippen molar-refractivity contribution in [1.82, 2.24) is 0 Å². The van der Waals surface area contributed by atoms with Crippen LogP contribution in [0, 0.1) is 11.3 Å². The monoisotopic (exact) mass is 221 g/mol. The Balaban J connectivity index is 2.81. The number of hydrogen-bond donors (Lipinski definition) is 0. The van der Waals surface area contributed by atoms with Crippen LogP contribution < -0.4 is 0 Å². The second-order valence-electron chi connectivity index (χ2n) is 3.51. The van der Waals surface area contributed by atoms with Crippen LogP contribution in [0.1, 0.15) is 31.4 Å². The molecule has 2 atom stereocenters. The average Bonchev–Trinajstić information content (AvgIpc) is 2.28. The first-order chi connectivity index (χ1) is 7.19. The minimum atomic E-state index is -0.879. The van der Waals surface area contributed by atoms with Crippen LogP contribution in [0.25, 0.3) is 0 Å². The van der Waals surface area contributed by atoms with E-state index in [4.69, 9.17) is 5.26 Å². The smallest absolute Gasteiger partial charge is 0.0994 e. The fraction of sp³-hybridized carbons (Fsp3) is 0.417. The molecule has 0 aromatic heterocycles. The van der Waals surface area contributed by atoms with E-state index >= 15 is 0 Å². The van der Waals surface area contributed by atoms with E-state index in [1.807, 2.05) is 32.0 Å². The van der Waals surface area contributed by atoms with Crippen LogP contribution in [0.15, 0.2) is 24.3 Å². The summed E-state index contributed by atoms with van der Waals surface area (Å²) >= 11 is 0. The number of benzene rings is 1. The molecule has 0 amide bonds. The van der Waals surface area contributed by atoms with Crippen molar-refractivity contribution in [2.24, 2.45) is 0 Å². The first-order valence-corrected chi connectivity index (χ1v) is 6.42. The van der Waals surface area contributed by atoms with Gasteiger partial charge >= 0.3 is 0 Å². The van der Waals surface area contributed by atoms with Crippen molar-refractivity contribution in [1.29, 1.82) is 5.26 Å². The van der Waals surface area contributed by atoms with E-state index in [1.165, 1.54) is 0 Å². The molecule has 0 saturated heterocycles. The Morgan fingerprint density at radius 2 is 2.13 bits per heavy atom. The molecule has 1 aromatic carbocycles. The third kappa shape index (κ3) is 3.17. The Morgan fingerprint density at radius 1 is 1.47 bits per heavy atom. The maximum absolute atomic E-state index is 11.8. The summed E-state index contributed by atoms with van der Waals surface area (Å²) in [6.45, 7) is 4.00. The molecule has 0 aliphatic heterocycles. The van der Waals surface area contributed by atoms with Gasteiger partial charge < -0.3 is 0 Å². The third-order valence-corrected chi connectivity index (χ3v) is 4.29. The lowest BCUT2D eigenvalue weighted by Gasteiger charge is -2.09. The van der Waals surface area contributed by atoms with Crippen LogP contribution in [0.4, 0.5) is 0 Å². The van der Waals surface area contributed by atoms with Gasteiger partial charge in [-0.3, -0.25) is 4.21 Å². The summed E-state index contributed by atoms with van der Waals surface area (Å²) in [6.07, 6.45) is 0.904. The highest BCUT2D eigenvalue weighted by Crippen LogP contribution is 2.13. The molecule has 3 heteroatoms. The van der Waals surface area contributed by atoms with Gasteiger partial charge in [-0.15, -0.1) is 0 Å². The van der Waals surface area contributed by atoms with Gasteiger partial charge in [0, 0.05) is 16.0 Å². The van der Waals surface area contributed by atoms with Crippen molar-refractivity contribution in [3.8, 4) is 6.07 Å². The molecule has 0 heterocycles. The van der Waals surface area contributed by atoms with Gasteiger partial charge in [-0.2, -0.15) is 5.26 Å². The predicted octanol–water partition coefficient (Wildman–Crippen LogP) is 2.61. The molecule has 1 rings (SSSR count). The number of rotatable bonds is 4. The normalized spacial score (nSPS) is 14.2. The SMILES string of the molecule is CCC(C)S(=O)Cc1ccccc1C#N. The van der Waals surface area contributed by atoms with Crippen molar-refractivity contribution >= 4 is 10.8 Å². The van der Waals surface area contributed by atoms with Crippen LogP contribution in [0.3, 0.4) is 0 Å². The van der Waals surface area contributed by atoms with Crippen LogP contribution in [0.2, 0.25) is 0 Å². The summed E-state index contributed by atoms with van der Waals surface area (Å²) in [5, 5.41) is 9.07. The lowest BCUT2D eigenvalue weighted by Crippen LogP contribution is -2.11. The van der Waals surface area contributed by atoms with Crippen molar-refractivity contribution in [2.75, 3.05) is 0 Å². The lowest BCUT2D eigenvalue weighted by molar-refractivity contribution is 0.669. The van der Waals surface area contributed by atoms with Crippen LogP contribution in [0.5, 0.6) is 0 Å². The van der Waals surface area contributed by atoms with E-state index in [0.717, 1.165) is 12.0 Å². The first-order valence-electron chi connectivity index (χ1n) is 5.04. The zero-order valence-electron chi connectivity index (χ0n) is 9.06. The lowest BCUT2D eigenvalue weighted by atomic mass is 10.1. The molecular formula is C12H15NOS. The Morgan fingerprint density at radius 3 is 2.73 bits per heavy atom. The number of hydrogen-bond acceptors (Lipinski definition) is 2. The summed E-state index contributed by atoms with van der Waals surface area (Å²) in [6, 6.07) is 9.47. The number of nitrogens with zero attached hydrogens (tertiary/aromatic N) is 1. The van der Waals surface area contributed by atoms with E-state index in [9.17, 15) is 4.21 Å². The third-order valence-electron chi connectivity index (χ3n) is 2.46. The molecule has 0 saturated carbocycles. The Kier molecular flexibility index (Phi) is 4.51. The molecule has 2 unspecified atom stereocenters. The van der Waals surface area contributed by atoms with Crippen LogP contribution in [-0.2, 0) is 16.6 Å². The molecule has 0 N–H and O–H groups in total. The summed E-state index contributed by atoms with van der Waals surface area (Å²) < 4.78 is 11.8. The van der Waals surface area contributed by atoms with Crippen molar-refractivity contribution in [3.63, 3.8) is 0 Å². The van der Waals surface area contributed by atoms with Gasteiger partial charge in [-0.25, -0.2) is 0 Å². The van der Waals surface area contributed by atoms with E-state index in [1.54, 1.807) is 6.07 Å². The zero-order chi connectivity index (χ0) is 11.3. The van der Waals surface area contributed by atoms with E-state index in [2.05, 4.69) is 6.07 Å². The molecule has 0 radical (unpaired) electrons. The topological polar surface area (TPSA) is 40.9 Å². The van der Waals surface area contributed by atoms with Gasteiger partial charge in [0.05, 0.1) is 17.4 Å². The molecule has 0 bridgehead atoms. The van der Waals surface area contributed by atoms with E-state index in [0.29, 0.717) is 11.3 Å². The highest BCUT2D eigenvalue weighted by molar-refractivity contribution is 7.84. The zero-order valence-corrected chi connectivity index (χ0v) is 9.88. The van der Waals surface area contributed by atoms with E-state index < -0.39 is 10.8 Å². The molecule has 2 nitrogen and oxygen atoms in total. The largest absolute Gasteiger partial charge is 0.259 e. The van der Waals surface area contributed by atoms with Crippen LogP contribution >= 0.6 is 0 Å². The fourth-order valence-electron chi connectivity index (χ4n) is 1.24. The summed E-state index contributed by atoms with van der Waals surface area (Å²) in [4.78, 5) is 0. The predicted molar refractivity (Wildman–Crippen MR) is 62.8 cm³/mol. The second-order valence-corrected chi connectivity index (χ2v) is 5.37. The van der Waals surface area contributed by atoms with Crippen molar-refractivity contribution in [3.05, 3.63) is 35.4 Å². The summed E-state index contributed by atoms with van der Waals surface area (Å²) in [5.41, 5.74) is 1.52. The number of nitriles is 1. The van der Waals surface area contributed by atoms with Gasteiger partial charge in [0.1, 0.15) is 0 Å². The molecular weight excluding hydrogens is 206 g/mol. The highest BCUT2D eigenvalue weighted by Gasteiger charge is 2.11. The van der Waals surface area contributed by atoms with Crippen molar-refractivity contribution in [2.45, 2.75) is 31.3 Å². The molecule has 0 spiro atoms. The molecule has 0 fully saturated rings. The fourth-order valence-corrected chi connectivity index (χ4v) is 2.45. The average molecular weight is 221 g/mol. The van der Waals surface area contributed by atoms with Gasteiger partial charge in [-0.1, -0.05) is 32.0 Å². The van der Waals surface area contributed by atoms with Crippen molar-refractivity contribution < 1.29 is 4.21 Å². The maximum atomic E-state index is 11.8. The van der Waals surface area contributed by atoms with Gasteiger partial charge in [0.25, 0.3) is 0 Å². The van der Waals surface area contributed by atoms with Gasteiger partial charge in [-0.05, 0) is 18.1 Å². The van der Waals surface area contributed by atoms with Gasteiger partial charge in [0.2, 0.25) is 0 Å². The Bertz CT molecular complexity index is 395. The standard InChI is InChI=1S/C12H15NOS/c1-3-10(2)15(14)9-12-7-5-4-6-11(12)8-13/h4-7,10H,3,9H2,1-2H3. The Labute approximate surface area is 93.4 Å². The molecule has 0 aliphatic rings. The molecule has 1 aromatic rings. The first kappa shape index (κ1) is 11.9. The summed E-state index contributed by atoms with van der Waals surface area (Å²) in [5.74, 6) is 0.485. The van der Waals surface area contributed by atoms with Crippen LogP contribution in [-0.4, -0.2) is 9.46 Å². The van der Waals surface area contributed by atoms with Gasteiger partial charge in [0.15, 0.2) is 0 Å². The van der Waals surface area contributed by atoms with E-state index in [-0.39, 0.29) is 5.25 Å². The molecule has 80 valence electrons. The minimum absolute atomic E-state index is 0.191. The maximum Gasteiger partial charge on any atom is 0.0994 e. The Hall–Kier alpha value is -1.14. The molecule has 15 heavy (non-hydrogen) atoms. The highest BCUT2D eigenvalue weighted by atomic mass is 32.2. The minimum Gasteiger partial charge on any atom is -0.259 e.